The average Bonchev–Trinajstić information content (AvgIpc) is 2.63. The van der Waals surface area contributed by atoms with Crippen molar-refractivity contribution >= 4 is 6.09 Å². The number of benzene rings is 1. The fraction of sp³-hybridized carbons (Fsp3) is 0.682. The number of rotatable bonds is 8. The summed E-state index contributed by atoms with van der Waals surface area (Å²) in [7, 11) is 0. The van der Waals surface area contributed by atoms with Crippen molar-refractivity contribution in [3.8, 4) is 5.75 Å². The Kier molecular flexibility index (Phi) is 8.42. The van der Waals surface area contributed by atoms with E-state index in [4.69, 9.17) is 9.47 Å². The van der Waals surface area contributed by atoms with Crippen molar-refractivity contribution in [3.63, 3.8) is 0 Å². The van der Waals surface area contributed by atoms with Crippen LogP contribution in [0.2, 0.25) is 0 Å². The number of hydrogen-bond acceptors (Lipinski definition) is 4. The Morgan fingerprint density at radius 3 is 2.67 bits per heavy atom. The summed E-state index contributed by atoms with van der Waals surface area (Å²) in [5, 5.41) is 12.5. The molecule has 0 heterocycles. The lowest BCUT2D eigenvalue weighted by Gasteiger charge is -2.22. The van der Waals surface area contributed by atoms with Crippen LogP contribution in [0.15, 0.2) is 24.3 Å². The van der Waals surface area contributed by atoms with E-state index in [0.29, 0.717) is 18.9 Å². The SMILES string of the molecule is CC(C)(C)OC(=O)NCCC(CO)c1cccc(OCC2CCCCC2)c1. The van der Waals surface area contributed by atoms with Crippen LogP contribution in [0.25, 0.3) is 0 Å². The summed E-state index contributed by atoms with van der Waals surface area (Å²) in [6.07, 6.45) is 6.70. The Morgan fingerprint density at radius 1 is 1.26 bits per heavy atom. The Morgan fingerprint density at radius 2 is 2.00 bits per heavy atom. The summed E-state index contributed by atoms with van der Waals surface area (Å²) in [4.78, 5) is 11.7. The highest BCUT2D eigenvalue weighted by molar-refractivity contribution is 5.67. The molecule has 0 saturated heterocycles. The summed E-state index contributed by atoms with van der Waals surface area (Å²) in [5.41, 5.74) is 0.523. The molecule has 1 aromatic carbocycles. The van der Waals surface area contributed by atoms with Crippen LogP contribution in [0.5, 0.6) is 5.75 Å². The highest BCUT2D eigenvalue weighted by atomic mass is 16.6. The van der Waals surface area contributed by atoms with Gasteiger partial charge in [0.1, 0.15) is 11.4 Å². The summed E-state index contributed by atoms with van der Waals surface area (Å²) >= 11 is 0. The van der Waals surface area contributed by atoms with Crippen molar-refractivity contribution in [2.75, 3.05) is 19.8 Å². The lowest BCUT2D eigenvalue weighted by atomic mass is 9.90. The fourth-order valence-electron chi connectivity index (χ4n) is 3.45. The van der Waals surface area contributed by atoms with E-state index in [-0.39, 0.29) is 12.5 Å². The third kappa shape index (κ3) is 8.21. The molecule has 0 aliphatic heterocycles. The van der Waals surface area contributed by atoms with Gasteiger partial charge < -0.3 is 19.9 Å². The molecular weight excluding hydrogens is 342 g/mol. The smallest absolute Gasteiger partial charge is 0.407 e. The van der Waals surface area contributed by atoms with Gasteiger partial charge >= 0.3 is 6.09 Å². The van der Waals surface area contributed by atoms with Gasteiger partial charge in [0.25, 0.3) is 0 Å². The number of amides is 1. The minimum atomic E-state index is -0.509. The van der Waals surface area contributed by atoms with Crippen molar-refractivity contribution in [1.82, 2.24) is 5.32 Å². The fourth-order valence-corrected chi connectivity index (χ4v) is 3.45. The van der Waals surface area contributed by atoms with Gasteiger partial charge in [-0.1, -0.05) is 31.4 Å². The van der Waals surface area contributed by atoms with Gasteiger partial charge in [-0.3, -0.25) is 0 Å². The van der Waals surface area contributed by atoms with E-state index in [9.17, 15) is 9.90 Å². The molecule has 1 unspecified atom stereocenters. The lowest BCUT2D eigenvalue weighted by Crippen LogP contribution is -2.33. The van der Waals surface area contributed by atoms with Crippen LogP contribution >= 0.6 is 0 Å². The zero-order chi connectivity index (χ0) is 19.7. The van der Waals surface area contributed by atoms with Crippen LogP contribution in [-0.4, -0.2) is 36.6 Å². The highest BCUT2D eigenvalue weighted by Gasteiger charge is 2.18. The Balaban J connectivity index is 1.82. The molecule has 0 radical (unpaired) electrons. The number of hydrogen-bond donors (Lipinski definition) is 2. The maximum Gasteiger partial charge on any atom is 0.407 e. The predicted molar refractivity (Wildman–Crippen MR) is 107 cm³/mol. The number of carbonyl (C=O) groups is 1. The second-order valence-electron chi connectivity index (χ2n) is 8.48. The van der Waals surface area contributed by atoms with Gasteiger partial charge in [0, 0.05) is 19.1 Å². The van der Waals surface area contributed by atoms with Crippen LogP contribution in [0.4, 0.5) is 4.79 Å². The second kappa shape index (κ2) is 10.5. The molecule has 152 valence electrons. The normalized spacial score (nSPS) is 16.6. The van der Waals surface area contributed by atoms with Crippen molar-refractivity contribution < 1.29 is 19.4 Å². The molecule has 1 amide bonds. The number of ether oxygens (including phenoxy) is 2. The van der Waals surface area contributed by atoms with Crippen LogP contribution in [-0.2, 0) is 4.74 Å². The molecule has 1 aliphatic rings. The van der Waals surface area contributed by atoms with E-state index < -0.39 is 11.7 Å². The van der Waals surface area contributed by atoms with E-state index >= 15 is 0 Å². The summed E-state index contributed by atoms with van der Waals surface area (Å²) in [5.74, 6) is 1.48. The first-order chi connectivity index (χ1) is 12.9. The van der Waals surface area contributed by atoms with Gasteiger partial charge in [-0.15, -0.1) is 0 Å². The number of carbonyl (C=O) groups excluding carboxylic acids is 1. The lowest BCUT2D eigenvalue weighted by molar-refractivity contribution is 0.0525. The highest BCUT2D eigenvalue weighted by Crippen LogP contribution is 2.27. The number of aliphatic hydroxyl groups is 1. The molecular formula is C22H35NO4. The van der Waals surface area contributed by atoms with Crippen molar-refractivity contribution in [3.05, 3.63) is 29.8 Å². The first-order valence-electron chi connectivity index (χ1n) is 10.2. The zero-order valence-corrected chi connectivity index (χ0v) is 17.0. The summed E-state index contributed by atoms with van der Waals surface area (Å²) < 4.78 is 11.2. The molecule has 0 bridgehead atoms. The molecule has 0 spiro atoms. The predicted octanol–water partition coefficient (Wildman–Crippen LogP) is 4.64. The second-order valence-corrected chi connectivity index (χ2v) is 8.48. The van der Waals surface area contributed by atoms with Crippen LogP contribution in [0, 0.1) is 5.92 Å². The van der Waals surface area contributed by atoms with Gasteiger partial charge in [-0.05, 0) is 63.6 Å². The largest absolute Gasteiger partial charge is 0.493 e. The van der Waals surface area contributed by atoms with E-state index in [2.05, 4.69) is 5.32 Å². The standard InChI is InChI=1S/C22H35NO4/c1-22(2,3)27-21(25)23-13-12-19(15-24)18-10-7-11-20(14-18)26-16-17-8-5-4-6-9-17/h7,10-11,14,17,19,24H,4-6,8-9,12-13,15-16H2,1-3H3,(H,23,25). The average molecular weight is 378 g/mol. The van der Waals surface area contributed by atoms with Crippen molar-refractivity contribution in [2.45, 2.75) is 70.8 Å². The van der Waals surface area contributed by atoms with Gasteiger partial charge in [-0.2, -0.15) is 0 Å². The first-order valence-corrected chi connectivity index (χ1v) is 10.2. The van der Waals surface area contributed by atoms with Crippen molar-refractivity contribution in [1.29, 1.82) is 0 Å². The van der Waals surface area contributed by atoms with Crippen LogP contribution < -0.4 is 10.1 Å². The molecule has 27 heavy (non-hydrogen) atoms. The van der Waals surface area contributed by atoms with Crippen molar-refractivity contribution in [2.24, 2.45) is 5.92 Å². The topological polar surface area (TPSA) is 67.8 Å². The molecule has 1 saturated carbocycles. The van der Waals surface area contributed by atoms with Crippen LogP contribution in [0.1, 0.15) is 70.8 Å². The van der Waals surface area contributed by atoms with E-state index in [1.165, 1.54) is 32.1 Å². The third-order valence-electron chi connectivity index (χ3n) is 4.92. The minimum Gasteiger partial charge on any atom is -0.493 e. The Labute approximate surface area is 163 Å². The summed E-state index contributed by atoms with van der Waals surface area (Å²) in [6, 6.07) is 7.95. The van der Waals surface area contributed by atoms with E-state index in [1.807, 2.05) is 45.0 Å². The Hall–Kier alpha value is -1.75. The molecule has 1 fully saturated rings. The van der Waals surface area contributed by atoms with Gasteiger partial charge in [0.2, 0.25) is 0 Å². The van der Waals surface area contributed by atoms with Gasteiger partial charge in [0.05, 0.1) is 6.61 Å². The molecule has 5 heteroatoms. The number of alkyl carbamates (subject to hydrolysis) is 1. The molecule has 5 nitrogen and oxygen atoms in total. The summed E-state index contributed by atoms with van der Waals surface area (Å²) in [6.45, 7) is 6.76. The van der Waals surface area contributed by atoms with Crippen LogP contribution in [0.3, 0.4) is 0 Å². The van der Waals surface area contributed by atoms with E-state index in [1.54, 1.807) is 0 Å². The molecule has 2 rings (SSSR count). The maximum atomic E-state index is 11.7. The zero-order valence-electron chi connectivity index (χ0n) is 17.0. The Bertz CT molecular complexity index is 576. The quantitative estimate of drug-likeness (QED) is 0.693. The minimum absolute atomic E-state index is 0.0298. The molecule has 1 aromatic rings. The van der Waals surface area contributed by atoms with Gasteiger partial charge in [0.15, 0.2) is 0 Å². The third-order valence-corrected chi connectivity index (χ3v) is 4.92. The monoisotopic (exact) mass is 377 g/mol. The maximum absolute atomic E-state index is 11.7. The number of aliphatic hydroxyl groups excluding tert-OH is 1. The molecule has 1 aliphatic carbocycles. The number of nitrogens with one attached hydrogen (secondary N) is 1. The van der Waals surface area contributed by atoms with Gasteiger partial charge in [-0.25, -0.2) is 4.79 Å². The molecule has 2 N–H and O–H groups in total. The van der Waals surface area contributed by atoms with E-state index in [0.717, 1.165) is 17.9 Å². The molecule has 0 aromatic heterocycles. The first kappa shape index (κ1) is 21.5. The molecule has 1 atom stereocenters.